The van der Waals surface area contributed by atoms with Crippen molar-refractivity contribution in [2.75, 3.05) is 25.4 Å². The van der Waals surface area contributed by atoms with Crippen LogP contribution in [0.3, 0.4) is 0 Å². The maximum absolute atomic E-state index is 13.7. The quantitative estimate of drug-likeness (QED) is 0.415. The number of piperidine rings is 1. The van der Waals surface area contributed by atoms with Crippen molar-refractivity contribution in [3.63, 3.8) is 0 Å². The average Bonchev–Trinajstić information content (AvgIpc) is 2.91. The van der Waals surface area contributed by atoms with Gasteiger partial charge in [0.2, 0.25) is 17.7 Å². The highest BCUT2D eigenvalue weighted by molar-refractivity contribution is 7.90. The van der Waals surface area contributed by atoms with Crippen molar-refractivity contribution in [1.29, 1.82) is 0 Å². The molecular formula is C29H37ClN4O5S. The first kappa shape index (κ1) is 30.0. The van der Waals surface area contributed by atoms with Crippen molar-refractivity contribution in [3.05, 3.63) is 70.2 Å². The number of rotatable bonds is 11. The van der Waals surface area contributed by atoms with Crippen molar-refractivity contribution in [3.8, 4) is 0 Å². The molecule has 2 aliphatic heterocycles. The lowest BCUT2D eigenvalue weighted by molar-refractivity contribution is -0.151. The molecule has 0 aliphatic carbocycles. The van der Waals surface area contributed by atoms with Gasteiger partial charge in [0.05, 0.1) is 17.4 Å². The third kappa shape index (κ3) is 7.83. The summed E-state index contributed by atoms with van der Waals surface area (Å²) in [6.07, 6.45) is 3.09. The summed E-state index contributed by atoms with van der Waals surface area (Å²) in [5.41, 5.74) is 8.07. The zero-order chi connectivity index (χ0) is 28.7. The third-order valence-corrected chi connectivity index (χ3v) is 9.53. The van der Waals surface area contributed by atoms with E-state index in [1.807, 2.05) is 6.07 Å². The third-order valence-electron chi connectivity index (χ3n) is 7.61. The van der Waals surface area contributed by atoms with Crippen LogP contribution in [-0.4, -0.2) is 67.4 Å². The fourth-order valence-corrected chi connectivity index (χ4v) is 7.20. The van der Waals surface area contributed by atoms with Crippen molar-refractivity contribution in [1.82, 2.24) is 15.1 Å². The van der Waals surface area contributed by atoms with Gasteiger partial charge in [-0.2, -0.15) is 0 Å². The number of likely N-dealkylation sites (tertiary alicyclic amines) is 2. The Balaban J connectivity index is 1.45. The number of benzene rings is 2. The molecule has 0 radical (unpaired) electrons. The number of nitrogens with two attached hydrogens (primary N) is 1. The van der Waals surface area contributed by atoms with E-state index in [9.17, 15) is 22.8 Å². The van der Waals surface area contributed by atoms with E-state index in [0.717, 1.165) is 30.4 Å². The fraction of sp³-hybridized carbons (Fsp3) is 0.483. The second-order valence-electron chi connectivity index (χ2n) is 10.6. The standard InChI is InChI=1S/C29H37ClN4O5S/c30-25-10-9-22(17-31)23(15-25)18-32-28(36)26-11-14-34(26)29(37)24(16-27(35)33-12-5-2-6-13-33)20-40(38,39)19-21-7-3-1-4-8-21/h1,3-4,7-10,15,24,26H,2,5-6,11-14,16-20,31H2,(H,32,36)/t24-,26-/m0/s1. The number of hydrogen-bond acceptors (Lipinski definition) is 6. The van der Waals surface area contributed by atoms with Crippen molar-refractivity contribution in [2.45, 2.75) is 57.0 Å². The average molecular weight is 589 g/mol. The number of nitrogens with zero attached hydrogens (tertiary/aromatic N) is 2. The lowest BCUT2D eigenvalue weighted by atomic mass is 9.96. The van der Waals surface area contributed by atoms with Gasteiger partial charge in [-0.1, -0.05) is 48.0 Å². The highest BCUT2D eigenvalue weighted by atomic mass is 35.5. The molecule has 0 aromatic heterocycles. The summed E-state index contributed by atoms with van der Waals surface area (Å²) in [7, 11) is -3.71. The maximum Gasteiger partial charge on any atom is 0.243 e. The van der Waals surface area contributed by atoms with Crippen LogP contribution < -0.4 is 11.1 Å². The molecule has 2 atom stereocenters. The van der Waals surface area contributed by atoms with Gasteiger partial charge in [0.1, 0.15) is 6.04 Å². The number of sulfone groups is 1. The second-order valence-corrected chi connectivity index (χ2v) is 13.1. The van der Waals surface area contributed by atoms with Gasteiger partial charge in [-0.15, -0.1) is 0 Å². The first-order valence-corrected chi connectivity index (χ1v) is 15.9. The Morgan fingerprint density at radius 1 is 1.00 bits per heavy atom. The largest absolute Gasteiger partial charge is 0.350 e. The predicted octanol–water partition coefficient (Wildman–Crippen LogP) is 2.65. The Bertz CT molecular complexity index is 1310. The molecule has 3 N–H and O–H groups in total. The minimum absolute atomic E-state index is 0.194. The van der Waals surface area contributed by atoms with Gasteiger partial charge in [0.15, 0.2) is 9.84 Å². The summed E-state index contributed by atoms with van der Waals surface area (Å²) in [6, 6.07) is 13.3. The van der Waals surface area contributed by atoms with Crippen LogP contribution in [0, 0.1) is 5.92 Å². The zero-order valence-electron chi connectivity index (χ0n) is 22.6. The first-order chi connectivity index (χ1) is 19.2. The molecule has 2 aromatic carbocycles. The van der Waals surface area contributed by atoms with E-state index < -0.39 is 33.5 Å². The zero-order valence-corrected chi connectivity index (χ0v) is 24.1. The first-order valence-electron chi connectivity index (χ1n) is 13.7. The van der Waals surface area contributed by atoms with Gasteiger partial charge in [0.25, 0.3) is 0 Å². The maximum atomic E-state index is 13.7. The summed E-state index contributed by atoms with van der Waals surface area (Å²) in [5.74, 6) is -2.76. The molecule has 2 fully saturated rings. The Morgan fingerprint density at radius 2 is 1.73 bits per heavy atom. The summed E-state index contributed by atoms with van der Waals surface area (Å²) < 4.78 is 26.3. The summed E-state index contributed by atoms with van der Waals surface area (Å²) in [6.45, 7) is 2.04. The summed E-state index contributed by atoms with van der Waals surface area (Å²) in [4.78, 5) is 43.0. The Hall–Kier alpha value is -2.95. The van der Waals surface area contributed by atoms with Crippen molar-refractivity contribution >= 4 is 39.2 Å². The molecule has 2 heterocycles. The predicted molar refractivity (Wildman–Crippen MR) is 154 cm³/mol. The fourth-order valence-electron chi connectivity index (χ4n) is 5.31. The molecule has 0 bridgehead atoms. The second kappa shape index (κ2) is 13.6. The summed E-state index contributed by atoms with van der Waals surface area (Å²) >= 11 is 6.10. The number of halogens is 1. The van der Waals surface area contributed by atoms with Crippen LogP contribution in [-0.2, 0) is 43.1 Å². The molecule has 3 amide bonds. The molecule has 216 valence electrons. The number of hydrogen-bond donors (Lipinski definition) is 2. The molecule has 9 nitrogen and oxygen atoms in total. The number of nitrogens with one attached hydrogen (secondary N) is 1. The van der Waals surface area contributed by atoms with Crippen LogP contribution in [0.25, 0.3) is 0 Å². The van der Waals surface area contributed by atoms with E-state index in [1.54, 1.807) is 47.4 Å². The lowest BCUT2D eigenvalue weighted by Gasteiger charge is -2.41. The molecular weight excluding hydrogens is 552 g/mol. The molecule has 2 aliphatic rings. The summed E-state index contributed by atoms with van der Waals surface area (Å²) in [5, 5.41) is 3.39. The minimum Gasteiger partial charge on any atom is -0.350 e. The molecule has 0 unspecified atom stereocenters. The van der Waals surface area contributed by atoms with E-state index in [0.29, 0.717) is 43.2 Å². The molecule has 2 saturated heterocycles. The molecule has 40 heavy (non-hydrogen) atoms. The topological polar surface area (TPSA) is 130 Å². The van der Waals surface area contributed by atoms with Gasteiger partial charge in [-0.05, 0) is 54.5 Å². The van der Waals surface area contributed by atoms with Crippen molar-refractivity contribution in [2.24, 2.45) is 11.7 Å². The van der Waals surface area contributed by atoms with Gasteiger partial charge < -0.3 is 20.9 Å². The van der Waals surface area contributed by atoms with Gasteiger partial charge >= 0.3 is 0 Å². The Kier molecular flexibility index (Phi) is 10.2. The monoisotopic (exact) mass is 588 g/mol. The number of carbonyl (C=O) groups is 3. The number of amides is 3. The van der Waals surface area contributed by atoms with Crippen LogP contribution in [0.15, 0.2) is 48.5 Å². The van der Waals surface area contributed by atoms with Crippen LogP contribution in [0.2, 0.25) is 5.02 Å². The molecule has 11 heteroatoms. The Morgan fingerprint density at radius 3 is 2.38 bits per heavy atom. The van der Waals surface area contributed by atoms with Crippen LogP contribution >= 0.6 is 11.6 Å². The van der Waals surface area contributed by atoms with E-state index in [1.165, 1.54) is 4.90 Å². The number of carbonyl (C=O) groups excluding carboxylic acids is 3. The van der Waals surface area contributed by atoms with Gasteiger partial charge in [-0.25, -0.2) is 8.42 Å². The molecule has 0 saturated carbocycles. The highest BCUT2D eigenvalue weighted by Crippen LogP contribution is 2.25. The van der Waals surface area contributed by atoms with Gasteiger partial charge in [0, 0.05) is 44.2 Å². The lowest BCUT2D eigenvalue weighted by Crippen LogP contribution is -2.60. The molecule has 0 spiro atoms. The highest BCUT2D eigenvalue weighted by Gasteiger charge is 2.42. The SMILES string of the molecule is NCc1ccc(Cl)cc1CNC(=O)[C@@H]1CCN1C(=O)[C@@H](CC(=O)N1CCCCC1)CS(=O)(=O)Cc1ccccc1. The van der Waals surface area contributed by atoms with Gasteiger partial charge in [-0.3, -0.25) is 14.4 Å². The van der Waals surface area contributed by atoms with Crippen LogP contribution in [0.1, 0.15) is 48.8 Å². The molecule has 2 aromatic rings. The normalized spacial score (nSPS) is 18.1. The van der Waals surface area contributed by atoms with Crippen LogP contribution in [0.5, 0.6) is 0 Å². The van der Waals surface area contributed by atoms with E-state index in [-0.39, 0.29) is 30.5 Å². The van der Waals surface area contributed by atoms with E-state index in [2.05, 4.69) is 5.32 Å². The molecule has 4 rings (SSSR count). The minimum atomic E-state index is -3.71. The van der Waals surface area contributed by atoms with Crippen molar-refractivity contribution < 1.29 is 22.8 Å². The Labute approximate surface area is 241 Å². The van der Waals surface area contributed by atoms with E-state index >= 15 is 0 Å². The smallest absolute Gasteiger partial charge is 0.243 e. The van der Waals surface area contributed by atoms with Crippen LogP contribution in [0.4, 0.5) is 0 Å². The van der Waals surface area contributed by atoms with E-state index in [4.69, 9.17) is 17.3 Å².